The van der Waals surface area contributed by atoms with Crippen molar-refractivity contribution in [2.45, 2.75) is 19.5 Å². The van der Waals surface area contributed by atoms with E-state index in [1.807, 2.05) is 37.3 Å². The first-order valence-corrected chi connectivity index (χ1v) is 8.22. The van der Waals surface area contributed by atoms with Crippen LogP contribution < -0.4 is 10.1 Å². The molecule has 0 spiro atoms. The Labute approximate surface area is 146 Å². The fourth-order valence-corrected chi connectivity index (χ4v) is 2.99. The van der Waals surface area contributed by atoms with Crippen LogP contribution in [0, 0.1) is 0 Å². The Kier molecular flexibility index (Phi) is 4.88. The number of nitrogens with zero attached hydrogens (tertiary/aromatic N) is 1. The molecule has 2 N–H and O–H groups in total. The van der Waals surface area contributed by atoms with Gasteiger partial charge in [-0.1, -0.05) is 37.3 Å². The van der Waals surface area contributed by atoms with Gasteiger partial charge in [-0.2, -0.15) is 0 Å². The molecular formula is C19H20N2O4. The average Bonchev–Trinajstić information content (AvgIpc) is 2.62. The van der Waals surface area contributed by atoms with E-state index in [1.165, 1.54) is 0 Å². The van der Waals surface area contributed by atoms with Gasteiger partial charge < -0.3 is 20.1 Å². The average molecular weight is 340 g/mol. The quantitative estimate of drug-likeness (QED) is 0.845. The number of fused-ring (bicyclic) bond motifs is 1. The Morgan fingerprint density at radius 1 is 1.20 bits per heavy atom. The Hall–Kier alpha value is -3.02. The molecule has 0 unspecified atom stereocenters. The minimum atomic E-state index is -1.04. The highest BCUT2D eigenvalue weighted by atomic mass is 16.5. The van der Waals surface area contributed by atoms with Gasteiger partial charge in [-0.15, -0.1) is 0 Å². The van der Waals surface area contributed by atoms with Gasteiger partial charge in [-0.05, 0) is 24.6 Å². The first-order valence-electron chi connectivity index (χ1n) is 8.22. The molecule has 1 aliphatic heterocycles. The van der Waals surface area contributed by atoms with Gasteiger partial charge in [-0.3, -0.25) is 4.79 Å². The van der Waals surface area contributed by atoms with E-state index in [0.717, 1.165) is 17.7 Å². The minimum absolute atomic E-state index is 0.0470. The van der Waals surface area contributed by atoms with Crippen molar-refractivity contribution >= 4 is 17.6 Å². The standard InChI is InChI=1S/C19H20N2O4/c1-2-11-21-18(20-15-9-5-3-7-13(15)19(21)24)14-8-4-6-10-16(14)25-12-17(22)23/h3-10,18,20H,2,11-12H2,1H3,(H,22,23)/t18-/m0/s1. The summed E-state index contributed by atoms with van der Waals surface area (Å²) in [7, 11) is 0. The van der Waals surface area contributed by atoms with Crippen molar-refractivity contribution in [1.82, 2.24) is 4.90 Å². The van der Waals surface area contributed by atoms with E-state index in [-0.39, 0.29) is 5.91 Å². The molecule has 0 saturated carbocycles. The molecule has 2 aromatic rings. The lowest BCUT2D eigenvalue weighted by Gasteiger charge is -2.38. The van der Waals surface area contributed by atoms with Gasteiger partial charge in [0, 0.05) is 17.8 Å². The molecule has 3 rings (SSSR count). The third kappa shape index (κ3) is 3.42. The normalized spacial score (nSPS) is 16.1. The van der Waals surface area contributed by atoms with Crippen molar-refractivity contribution in [3.05, 3.63) is 59.7 Å². The number of carbonyl (C=O) groups excluding carboxylic acids is 1. The molecule has 0 saturated heterocycles. The summed E-state index contributed by atoms with van der Waals surface area (Å²) in [5.74, 6) is -0.636. The molecule has 6 nitrogen and oxygen atoms in total. The Morgan fingerprint density at radius 3 is 2.68 bits per heavy atom. The van der Waals surface area contributed by atoms with Gasteiger partial charge in [-0.25, -0.2) is 4.79 Å². The molecule has 1 aliphatic rings. The van der Waals surface area contributed by atoms with Gasteiger partial charge in [0.05, 0.1) is 5.56 Å². The van der Waals surface area contributed by atoms with E-state index in [2.05, 4.69) is 5.32 Å². The van der Waals surface area contributed by atoms with E-state index < -0.39 is 18.7 Å². The number of carboxylic acids is 1. The molecule has 25 heavy (non-hydrogen) atoms. The fraction of sp³-hybridized carbons (Fsp3) is 0.263. The lowest BCUT2D eigenvalue weighted by atomic mass is 10.0. The number of hydrogen-bond donors (Lipinski definition) is 2. The Balaban J connectivity index is 2.00. The second-order valence-corrected chi connectivity index (χ2v) is 5.81. The van der Waals surface area contributed by atoms with Crippen molar-refractivity contribution < 1.29 is 19.4 Å². The second kappa shape index (κ2) is 7.25. The molecule has 6 heteroatoms. The summed E-state index contributed by atoms with van der Waals surface area (Å²) in [5.41, 5.74) is 2.13. The van der Waals surface area contributed by atoms with Gasteiger partial charge >= 0.3 is 5.97 Å². The summed E-state index contributed by atoms with van der Waals surface area (Å²) in [6.45, 7) is 2.16. The van der Waals surface area contributed by atoms with Gasteiger partial charge in [0.25, 0.3) is 5.91 Å². The monoisotopic (exact) mass is 340 g/mol. The zero-order chi connectivity index (χ0) is 17.8. The van der Waals surface area contributed by atoms with Crippen LogP contribution in [0.1, 0.15) is 35.4 Å². The van der Waals surface area contributed by atoms with E-state index in [4.69, 9.17) is 9.84 Å². The molecule has 1 heterocycles. The maximum Gasteiger partial charge on any atom is 0.341 e. The van der Waals surface area contributed by atoms with Crippen molar-refractivity contribution in [3.63, 3.8) is 0 Å². The van der Waals surface area contributed by atoms with Gasteiger partial charge in [0.2, 0.25) is 0 Å². The molecule has 0 aliphatic carbocycles. The van der Waals surface area contributed by atoms with Crippen LogP contribution in [0.2, 0.25) is 0 Å². The predicted molar refractivity (Wildman–Crippen MR) is 93.7 cm³/mol. The summed E-state index contributed by atoms with van der Waals surface area (Å²) in [6, 6.07) is 14.6. The third-order valence-electron chi connectivity index (χ3n) is 4.05. The van der Waals surface area contributed by atoms with E-state index in [9.17, 15) is 9.59 Å². The van der Waals surface area contributed by atoms with Crippen molar-refractivity contribution in [3.8, 4) is 5.75 Å². The molecule has 1 atom stereocenters. The number of carboxylic acid groups (broad SMARTS) is 1. The number of benzene rings is 2. The lowest BCUT2D eigenvalue weighted by molar-refractivity contribution is -0.139. The second-order valence-electron chi connectivity index (χ2n) is 5.81. The maximum atomic E-state index is 12.9. The first kappa shape index (κ1) is 16.8. The number of aliphatic carboxylic acids is 1. The molecule has 0 fully saturated rings. The molecule has 0 bridgehead atoms. The van der Waals surface area contributed by atoms with Crippen molar-refractivity contribution in [1.29, 1.82) is 0 Å². The van der Waals surface area contributed by atoms with Crippen LogP contribution in [0.15, 0.2) is 48.5 Å². The summed E-state index contributed by atoms with van der Waals surface area (Å²) in [4.78, 5) is 25.5. The molecule has 0 radical (unpaired) electrons. The van der Waals surface area contributed by atoms with Crippen LogP contribution in [0.25, 0.3) is 0 Å². The summed E-state index contributed by atoms with van der Waals surface area (Å²) < 4.78 is 5.42. The van der Waals surface area contributed by atoms with Crippen LogP contribution in [0.5, 0.6) is 5.75 Å². The highest BCUT2D eigenvalue weighted by molar-refractivity contribution is 6.01. The number of rotatable bonds is 6. The van der Waals surface area contributed by atoms with Crippen molar-refractivity contribution in [2.24, 2.45) is 0 Å². The number of amides is 1. The summed E-state index contributed by atoms with van der Waals surface area (Å²) in [6.07, 6.45) is 0.400. The van der Waals surface area contributed by atoms with Crippen LogP contribution in [0.3, 0.4) is 0 Å². The highest BCUT2D eigenvalue weighted by Gasteiger charge is 2.33. The van der Waals surface area contributed by atoms with Gasteiger partial charge in [0.15, 0.2) is 6.61 Å². The van der Waals surface area contributed by atoms with Crippen LogP contribution in [-0.4, -0.2) is 35.0 Å². The SMILES string of the molecule is CCCN1C(=O)c2ccccc2N[C@@H]1c1ccccc1OCC(=O)O. The molecule has 1 amide bonds. The molecule has 0 aromatic heterocycles. The van der Waals surface area contributed by atoms with Crippen molar-refractivity contribution in [2.75, 3.05) is 18.5 Å². The Morgan fingerprint density at radius 2 is 1.92 bits per heavy atom. The minimum Gasteiger partial charge on any atom is -0.481 e. The highest BCUT2D eigenvalue weighted by Crippen LogP contribution is 2.36. The zero-order valence-electron chi connectivity index (χ0n) is 13.9. The van der Waals surface area contributed by atoms with E-state index in [0.29, 0.717) is 17.9 Å². The Bertz CT molecular complexity index is 790. The first-order chi connectivity index (χ1) is 12.1. The summed E-state index contributed by atoms with van der Waals surface area (Å²) in [5, 5.41) is 12.3. The van der Waals surface area contributed by atoms with Crippen LogP contribution in [0.4, 0.5) is 5.69 Å². The number of nitrogens with one attached hydrogen (secondary N) is 1. The fourth-order valence-electron chi connectivity index (χ4n) is 2.99. The lowest BCUT2D eigenvalue weighted by Crippen LogP contribution is -2.43. The number of anilines is 1. The number of carbonyl (C=O) groups is 2. The molecule has 130 valence electrons. The van der Waals surface area contributed by atoms with Gasteiger partial charge in [0.1, 0.15) is 11.9 Å². The largest absolute Gasteiger partial charge is 0.481 e. The van der Waals surface area contributed by atoms with E-state index in [1.54, 1.807) is 23.1 Å². The molecule has 2 aromatic carbocycles. The number of para-hydroxylation sites is 2. The topological polar surface area (TPSA) is 78.9 Å². The van der Waals surface area contributed by atoms with Crippen LogP contribution >= 0.6 is 0 Å². The van der Waals surface area contributed by atoms with E-state index >= 15 is 0 Å². The van der Waals surface area contributed by atoms with Crippen LogP contribution in [-0.2, 0) is 4.79 Å². The maximum absolute atomic E-state index is 12.9. The zero-order valence-corrected chi connectivity index (χ0v) is 13.9. The number of hydrogen-bond acceptors (Lipinski definition) is 4. The number of ether oxygens (including phenoxy) is 1. The third-order valence-corrected chi connectivity index (χ3v) is 4.05. The summed E-state index contributed by atoms with van der Waals surface area (Å²) >= 11 is 0. The molecular weight excluding hydrogens is 320 g/mol. The smallest absolute Gasteiger partial charge is 0.341 e. The predicted octanol–water partition coefficient (Wildman–Crippen LogP) is 3.13.